The number of sulfonamides is 1. The van der Waals surface area contributed by atoms with Crippen molar-refractivity contribution in [2.45, 2.75) is 38.1 Å². The molecule has 1 saturated heterocycles. The average molecular weight is 394 g/mol. The number of aromatic nitrogens is 1. The summed E-state index contributed by atoms with van der Waals surface area (Å²) in [5.74, 6) is 0.560. The van der Waals surface area contributed by atoms with Crippen molar-refractivity contribution < 1.29 is 17.7 Å². The molecule has 1 aromatic carbocycles. The summed E-state index contributed by atoms with van der Waals surface area (Å²) in [6.45, 7) is 9.41. The van der Waals surface area contributed by atoms with Crippen LogP contribution >= 0.6 is 0 Å². The summed E-state index contributed by atoms with van der Waals surface area (Å²) in [5.41, 5.74) is 2.15. The molecule has 1 atom stereocenters. The van der Waals surface area contributed by atoms with Gasteiger partial charge in [-0.1, -0.05) is 17.3 Å². The highest BCUT2D eigenvalue weighted by atomic mass is 32.2. The number of nitrogens with one attached hydrogen (secondary N) is 1. The van der Waals surface area contributed by atoms with Crippen LogP contribution in [0.25, 0.3) is 11.3 Å². The molecule has 2 aromatic rings. The lowest BCUT2D eigenvalue weighted by atomic mass is 10.1. The Balaban J connectivity index is 1.67. The second kappa shape index (κ2) is 8.52. The largest absolute Gasteiger partial charge is 0.379 e. The van der Waals surface area contributed by atoms with Crippen LogP contribution < -0.4 is 4.72 Å². The van der Waals surface area contributed by atoms with Gasteiger partial charge in [-0.3, -0.25) is 4.90 Å². The fourth-order valence-electron chi connectivity index (χ4n) is 3.22. The van der Waals surface area contributed by atoms with Crippen LogP contribution in [0.1, 0.15) is 24.6 Å². The van der Waals surface area contributed by atoms with Crippen LogP contribution in [0.15, 0.2) is 33.7 Å². The lowest BCUT2D eigenvalue weighted by molar-refractivity contribution is 0.0190. The smallest absolute Gasteiger partial charge is 0.240 e. The van der Waals surface area contributed by atoms with E-state index in [9.17, 15) is 8.42 Å². The average Bonchev–Trinajstić information content (AvgIpc) is 3.09. The van der Waals surface area contributed by atoms with E-state index in [-0.39, 0.29) is 4.90 Å². The normalized spacial score (nSPS) is 17.1. The third-order valence-corrected chi connectivity index (χ3v) is 6.52. The van der Waals surface area contributed by atoms with Crippen molar-refractivity contribution in [1.82, 2.24) is 14.8 Å². The van der Waals surface area contributed by atoms with Crippen LogP contribution in [0.2, 0.25) is 0 Å². The highest BCUT2D eigenvalue weighted by Gasteiger charge is 2.21. The summed E-state index contributed by atoms with van der Waals surface area (Å²) in [6.07, 6.45) is 0.749. The Bertz CT molecular complexity index is 873. The Morgan fingerprint density at radius 2 is 1.96 bits per heavy atom. The van der Waals surface area contributed by atoms with Crippen LogP contribution in [0.4, 0.5) is 0 Å². The Labute approximate surface area is 160 Å². The quantitative estimate of drug-likeness (QED) is 0.777. The van der Waals surface area contributed by atoms with Gasteiger partial charge in [0.1, 0.15) is 0 Å². The predicted molar refractivity (Wildman–Crippen MR) is 103 cm³/mol. The molecule has 27 heavy (non-hydrogen) atoms. The Hall–Kier alpha value is -1.74. The molecule has 1 aliphatic rings. The third-order valence-electron chi connectivity index (χ3n) is 4.91. The molecule has 3 rings (SSSR count). The standard InChI is InChI=1S/C19H27N3O4S/c1-14-4-5-17(18-12-15(2)21-26-18)13-19(14)27(23,24)20-7-6-16(3)22-8-10-25-11-9-22/h4-5,12-13,16,20H,6-11H2,1-3H3. The summed E-state index contributed by atoms with van der Waals surface area (Å²) in [5, 5.41) is 3.87. The van der Waals surface area contributed by atoms with Crippen molar-refractivity contribution in [2.24, 2.45) is 0 Å². The van der Waals surface area contributed by atoms with Gasteiger partial charge in [0.2, 0.25) is 10.0 Å². The zero-order chi connectivity index (χ0) is 19.4. The van der Waals surface area contributed by atoms with Crippen molar-refractivity contribution in [3.63, 3.8) is 0 Å². The van der Waals surface area contributed by atoms with Gasteiger partial charge in [0.15, 0.2) is 5.76 Å². The summed E-state index contributed by atoms with van der Waals surface area (Å²) in [4.78, 5) is 2.60. The molecule has 1 aliphatic heterocycles. The van der Waals surface area contributed by atoms with E-state index >= 15 is 0 Å². The minimum Gasteiger partial charge on any atom is -0.379 e. The molecule has 8 heteroatoms. The topological polar surface area (TPSA) is 84.7 Å². The zero-order valence-corrected chi connectivity index (χ0v) is 16.9. The van der Waals surface area contributed by atoms with Crippen molar-refractivity contribution in [3.8, 4) is 11.3 Å². The van der Waals surface area contributed by atoms with Gasteiger partial charge in [0, 0.05) is 37.3 Å². The van der Waals surface area contributed by atoms with Crippen LogP contribution in [0.3, 0.4) is 0 Å². The number of hydrogen-bond acceptors (Lipinski definition) is 6. The van der Waals surface area contributed by atoms with Gasteiger partial charge < -0.3 is 9.26 Å². The van der Waals surface area contributed by atoms with E-state index < -0.39 is 10.0 Å². The van der Waals surface area contributed by atoms with Crippen molar-refractivity contribution in [2.75, 3.05) is 32.8 Å². The first-order valence-electron chi connectivity index (χ1n) is 9.22. The van der Waals surface area contributed by atoms with Crippen molar-refractivity contribution in [3.05, 3.63) is 35.5 Å². The first-order valence-corrected chi connectivity index (χ1v) is 10.7. The van der Waals surface area contributed by atoms with Crippen LogP contribution in [0.5, 0.6) is 0 Å². The van der Waals surface area contributed by atoms with Crippen molar-refractivity contribution >= 4 is 10.0 Å². The van der Waals surface area contributed by atoms with Gasteiger partial charge in [-0.15, -0.1) is 0 Å². The lowest BCUT2D eigenvalue weighted by Gasteiger charge is -2.32. The second-order valence-electron chi connectivity index (χ2n) is 7.00. The SMILES string of the molecule is Cc1cc(-c2ccc(C)c(S(=O)(=O)NCCC(C)N3CCOCC3)c2)on1. The first kappa shape index (κ1) is 20.0. The minimum atomic E-state index is -3.60. The van der Waals surface area contributed by atoms with Crippen LogP contribution in [-0.4, -0.2) is 57.4 Å². The molecule has 1 N–H and O–H groups in total. The summed E-state index contributed by atoms with van der Waals surface area (Å²) < 4.78 is 39.0. The number of morpholine rings is 1. The van der Waals surface area contributed by atoms with E-state index in [1.54, 1.807) is 25.1 Å². The fraction of sp³-hybridized carbons (Fsp3) is 0.526. The summed E-state index contributed by atoms with van der Waals surface area (Å²) in [6, 6.07) is 7.37. The predicted octanol–water partition coefficient (Wildman–Crippen LogP) is 2.35. The molecular formula is C19H27N3O4S. The number of benzene rings is 1. The number of aryl methyl sites for hydroxylation is 2. The molecule has 0 amide bonds. The molecule has 0 aliphatic carbocycles. The Morgan fingerprint density at radius 1 is 1.22 bits per heavy atom. The van der Waals surface area contributed by atoms with E-state index in [2.05, 4.69) is 21.7 Å². The molecule has 0 radical (unpaired) electrons. The molecule has 1 aromatic heterocycles. The van der Waals surface area contributed by atoms with Crippen LogP contribution in [0, 0.1) is 13.8 Å². The van der Waals surface area contributed by atoms with E-state index in [1.807, 2.05) is 13.0 Å². The zero-order valence-electron chi connectivity index (χ0n) is 16.1. The summed E-state index contributed by atoms with van der Waals surface area (Å²) in [7, 11) is -3.60. The highest BCUT2D eigenvalue weighted by molar-refractivity contribution is 7.89. The maximum absolute atomic E-state index is 12.8. The fourth-order valence-corrected chi connectivity index (χ4v) is 4.54. The number of hydrogen-bond donors (Lipinski definition) is 1. The molecule has 1 unspecified atom stereocenters. The monoisotopic (exact) mass is 393 g/mol. The van der Waals surface area contributed by atoms with E-state index in [1.165, 1.54) is 0 Å². The first-order chi connectivity index (χ1) is 12.9. The molecule has 0 saturated carbocycles. The lowest BCUT2D eigenvalue weighted by Crippen LogP contribution is -2.43. The molecule has 0 spiro atoms. The Morgan fingerprint density at radius 3 is 2.63 bits per heavy atom. The highest BCUT2D eigenvalue weighted by Crippen LogP contribution is 2.25. The van der Waals surface area contributed by atoms with E-state index in [4.69, 9.17) is 9.26 Å². The number of ether oxygens (including phenoxy) is 1. The summed E-state index contributed by atoms with van der Waals surface area (Å²) >= 11 is 0. The molecular weight excluding hydrogens is 366 g/mol. The number of rotatable bonds is 7. The van der Waals surface area contributed by atoms with Gasteiger partial charge in [-0.25, -0.2) is 13.1 Å². The van der Waals surface area contributed by atoms with Gasteiger partial charge in [-0.05, 0) is 38.8 Å². The maximum Gasteiger partial charge on any atom is 0.240 e. The minimum absolute atomic E-state index is 0.271. The molecule has 1 fully saturated rings. The molecule has 7 nitrogen and oxygen atoms in total. The van der Waals surface area contributed by atoms with E-state index in [0.29, 0.717) is 29.5 Å². The van der Waals surface area contributed by atoms with Gasteiger partial charge >= 0.3 is 0 Å². The van der Waals surface area contributed by atoms with Crippen LogP contribution in [-0.2, 0) is 14.8 Å². The molecule has 148 valence electrons. The van der Waals surface area contributed by atoms with Gasteiger partial charge in [0.25, 0.3) is 0 Å². The van der Waals surface area contributed by atoms with Crippen molar-refractivity contribution in [1.29, 1.82) is 0 Å². The maximum atomic E-state index is 12.8. The van der Waals surface area contributed by atoms with Gasteiger partial charge in [-0.2, -0.15) is 0 Å². The Kier molecular flexibility index (Phi) is 6.31. The third kappa shape index (κ3) is 4.95. The van der Waals surface area contributed by atoms with E-state index in [0.717, 1.165) is 38.4 Å². The van der Waals surface area contributed by atoms with Gasteiger partial charge in [0.05, 0.1) is 23.8 Å². The molecule has 0 bridgehead atoms. The molecule has 2 heterocycles. The second-order valence-corrected chi connectivity index (χ2v) is 8.73. The number of nitrogens with zero attached hydrogens (tertiary/aromatic N) is 2.